The molecule has 26 heavy (non-hydrogen) atoms. The second-order valence-corrected chi connectivity index (χ2v) is 7.80. The highest BCUT2D eigenvalue weighted by atomic mass is 32.1. The van der Waals surface area contributed by atoms with Gasteiger partial charge in [-0.2, -0.15) is 0 Å². The SMILES string of the molecule is Cc1ccc(CNc2nc(Cc3ccccc3)nc3sc(C)cc23)cc1. The molecule has 1 N–H and O–H groups in total. The summed E-state index contributed by atoms with van der Waals surface area (Å²) >= 11 is 1.72. The van der Waals surface area contributed by atoms with Crippen molar-refractivity contribution in [2.45, 2.75) is 26.8 Å². The molecular weight excluding hydrogens is 338 g/mol. The molecule has 2 aromatic carbocycles. The molecule has 2 aromatic heterocycles. The first-order chi connectivity index (χ1) is 12.7. The van der Waals surface area contributed by atoms with Gasteiger partial charge in [-0.1, -0.05) is 60.2 Å². The molecule has 0 saturated heterocycles. The first-order valence-electron chi connectivity index (χ1n) is 8.78. The number of nitrogens with zero attached hydrogens (tertiary/aromatic N) is 2. The van der Waals surface area contributed by atoms with Gasteiger partial charge in [-0.15, -0.1) is 11.3 Å². The van der Waals surface area contributed by atoms with Gasteiger partial charge in [0.25, 0.3) is 0 Å². The maximum atomic E-state index is 4.83. The maximum absolute atomic E-state index is 4.83. The van der Waals surface area contributed by atoms with Gasteiger partial charge in [0.1, 0.15) is 16.5 Å². The van der Waals surface area contributed by atoms with E-state index in [-0.39, 0.29) is 0 Å². The van der Waals surface area contributed by atoms with E-state index in [0.29, 0.717) is 0 Å². The Kier molecular flexibility index (Phi) is 4.67. The zero-order valence-electron chi connectivity index (χ0n) is 15.0. The van der Waals surface area contributed by atoms with Crippen LogP contribution in [0, 0.1) is 13.8 Å². The lowest BCUT2D eigenvalue weighted by atomic mass is 10.1. The largest absolute Gasteiger partial charge is 0.365 e. The lowest BCUT2D eigenvalue weighted by molar-refractivity contribution is 0.985. The predicted molar refractivity (Wildman–Crippen MR) is 110 cm³/mol. The van der Waals surface area contributed by atoms with E-state index in [9.17, 15) is 0 Å². The Bertz CT molecular complexity index is 1020. The number of anilines is 1. The highest BCUT2D eigenvalue weighted by Gasteiger charge is 2.11. The van der Waals surface area contributed by atoms with Crippen LogP contribution in [0.15, 0.2) is 60.7 Å². The molecule has 4 aromatic rings. The molecule has 0 saturated carbocycles. The topological polar surface area (TPSA) is 37.8 Å². The Morgan fingerprint density at radius 3 is 2.42 bits per heavy atom. The Hall–Kier alpha value is -2.72. The fourth-order valence-corrected chi connectivity index (χ4v) is 3.87. The normalized spacial score (nSPS) is 11.0. The summed E-state index contributed by atoms with van der Waals surface area (Å²) in [6.45, 7) is 4.98. The maximum Gasteiger partial charge on any atom is 0.138 e. The van der Waals surface area contributed by atoms with Gasteiger partial charge >= 0.3 is 0 Å². The van der Waals surface area contributed by atoms with E-state index >= 15 is 0 Å². The molecule has 0 aliphatic heterocycles. The summed E-state index contributed by atoms with van der Waals surface area (Å²) in [6.07, 6.45) is 0.743. The van der Waals surface area contributed by atoms with Gasteiger partial charge in [0.15, 0.2) is 0 Å². The van der Waals surface area contributed by atoms with Crippen molar-refractivity contribution in [1.29, 1.82) is 0 Å². The van der Waals surface area contributed by atoms with Gasteiger partial charge in [0, 0.05) is 17.8 Å². The van der Waals surface area contributed by atoms with Crippen molar-refractivity contribution in [3.63, 3.8) is 0 Å². The van der Waals surface area contributed by atoms with Crippen molar-refractivity contribution < 1.29 is 0 Å². The van der Waals surface area contributed by atoms with Gasteiger partial charge in [0.05, 0.1) is 5.39 Å². The number of thiophene rings is 1. The van der Waals surface area contributed by atoms with Crippen molar-refractivity contribution >= 4 is 27.4 Å². The van der Waals surface area contributed by atoms with Crippen LogP contribution in [0.25, 0.3) is 10.2 Å². The molecule has 4 rings (SSSR count). The molecule has 0 spiro atoms. The molecule has 0 radical (unpaired) electrons. The first-order valence-corrected chi connectivity index (χ1v) is 9.59. The Labute approximate surface area is 157 Å². The Morgan fingerprint density at radius 1 is 0.885 bits per heavy atom. The minimum atomic E-state index is 0.743. The predicted octanol–water partition coefficient (Wildman–Crippen LogP) is 5.51. The second kappa shape index (κ2) is 7.26. The third kappa shape index (κ3) is 3.75. The monoisotopic (exact) mass is 359 g/mol. The van der Waals surface area contributed by atoms with Crippen LogP contribution < -0.4 is 5.32 Å². The number of nitrogens with one attached hydrogen (secondary N) is 1. The number of hydrogen-bond donors (Lipinski definition) is 1. The van der Waals surface area contributed by atoms with Crippen LogP contribution in [-0.2, 0) is 13.0 Å². The molecule has 0 aliphatic rings. The first kappa shape index (κ1) is 16.7. The molecule has 2 heterocycles. The van der Waals surface area contributed by atoms with Gasteiger partial charge < -0.3 is 5.32 Å². The molecule has 3 nitrogen and oxygen atoms in total. The zero-order chi connectivity index (χ0) is 17.9. The van der Waals surface area contributed by atoms with Crippen molar-refractivity contribution in [3.8, 4) is 0 Å². The van der Waals surface area contributed by atoms with E-state index < -0.39 is 0 Å². The van der Waals surface area contributed by atoms with Gasteiger partial charge in [-0.3, -0.25) is 0 Å². The third-order valence-corrected chi connectivity index (χ3v) is 5.29. The van der Waals surface area contributed by atoms with Crippen LogP contribution >= 0.6 is 11.3 Å². The summed E-state index contributed by atoms with van der Waals surface area (Å²) in [5, 5.41) is 4.63. The summed E-state index contributed by atoms with van der Waals surface area (Å²) in [7, 11) is 0. The summed E-state index contributed by atoms with van der Waals surface area (Å²) in [5.41, 5.74) is 3.75. The lowest BCUT2D eigenvalue weighted by Gasteiger charge is -2.09. The molecule has 4 heteroatoms. The van der Waals surface area contributed by atoms with Crippen LogP contribution in [0.4, 0.5) is 5.82 Å². The number of aromatic nitrogens is 2. The minimum Gasteiger partial charge on any atom is -0.365 e. The molecule has 0 amide bonds. The molecule has 0 fully saturated rings. The van der Waals surface area contributed by atoms with Crippen molar-refractivity contribution in [2.75, 3.05) is 5.32 Å². The van der Waals surface area contributed by atoms with E-state index in [1.807, 2.05) is 6.07 Å². The van der Waals surface area contributed by atoms with Crippen LogP contribution in [0.1, 0.15) is 27.4 Å². The van der Waals surface area contributed by atoms with Crippen molar-refractivity contribution in [2.24, 2.45) is 0 Å². The zero-order valence-corrected chi connectivity index (χ0v) is 15.8. The number of hydrogen-bond acceptors (Lipinski definition) is 4. The quantitative estimate of drug-likeness (QED) is 0.510. The molecule has 0 bridgehead atoms. The third-order valence-electron chi connectivity index (χ3n) is 4.35. The molecule has 0 atom stereocenters. The summed E-state index contributed by atoms with van der Waals surface area (Å²) in [5.74, 6) is 1.78. The van der Waals surface area contributed by atoms with E-state index in [2.05, 4.69) is 73.8 Å². The summed E-state index contributed by atoms with van der Waals surface area (Å²) in [6, 6.07) is 21.1. The van der Waals surface area contributed by atoms with Crippen LogP contribution in [0.3, 0.4) is 0 Å². The average molecular weight is 359 g/mol. The molecule has 0 aliphatic carbocycles. The second-order valence-electron chi connectivity index (χ2n) is 6.57. The highest BCUT2D eigenvalue weighted by molar-refractivity contribution is 7.18. The van der Waals surface area contributed by atoms with E-state index in [4.69, 9.17) is 9.97 Å². The molecule has 130 valence electrons. The fraction of sp³-hybridized carbons (Fsp3) is 0.182. The van der Waals surface area contributed by atoms with Gasteiger partial charge in [-0.25, -0.2) is 9.97 Å². The number of benzene rings is 2. The number of fused-ring (bicyclic) bond motifs is 1. The Balaban J connectivity index is 1.64. The standard InChI is InChI=1S/C22H21N3S/c1-15-8-10-18(11-9-15)14-23-21-19-12-16(2)26-22(19)25-20(24-21)13-17-6-4-3-5-7-17/h3-12H,13-14H2,1-2H3,(H,23,24,25). The number of aryl methyl sites for hydroxylation is 2. The molecular formula is C22H21N3S. The van der Waals surface area contributed by atoms with Crippen LogP contribution in [-0.4, -0.2) is 9.97 Å². The van der Waals surface area contributed by atoms with E-state index in [0.717, 1.165) is 34.8 Å². The van der Waals surface area contributed by atoms with Crippen LogP contribution in [0.2, 0.25) is 0 Å². The van der Waals surface area contributed by atoms with E-state index in [1.54, 1.807) is 11.3 Å². The lowest BCUT2D eigenvalue weighted by Crippen LogP contribution is -2.05. The average Bonchev–Trinajstić information content (AvgIpc) is 3.02. The summed E-state index contributed by atoms with van der Waals surface area (Å²) in [4.78, 5) is 11.9. The van der Waals surface area contributed by atoms with Crippen molar-refractivity contribution in [1.82, 2.24) is 9.97 Å². The van der Waals surface area contributed by atoms with E-state index in [1.165, 1.54) is 21.6 Å². The highest BCUT2D eigenvalue weighted by Crippen LogP contribution is 2.29. The minimum absolute atomic E-state index is 0.743. The molecule has 0 unspecified atom stereocenters. The Morgan fingerprint density at radius 2 is 1.65 bits per heavy atom. The van der Waals surface area contributed by atoms with Crippen LogP contribution in [0.5, 0.6) is 0 Å². The van der Waals surface area contributed by atoms with Crippen molar-refractivity contribution in [3.05, 3.63) is 88.1 Å². The smallest absolute Gasteiger partial charge is 0.138 e. The van der Waals surface area contributed by atoms with Gasteiger partial charge in [-0.05, 0) is 31.0 Å². The number of rotatable bonds is 5. The fourth-order valence-electron chi connectivity index (χ4n) is 2.97. The summed E-state index contributed by atoms with van der Waals surface area (Å²) < 4.78 is 0. The van der Waals surface area contributed by atoms with Gasteiger partial charge in [0.2, 0.25) is 0 Å².